The Kier molecular flexibility index (Phi) is 3.62. The van der Waals surface area contributed by atoms with Crippen LogP contribution in [0.2, 0.25) is 0 Å². The van der Waals surface area contributed by atoms with Crippen LogP contribution in [-0.4, -0.2) is 21.2 Å². The number of H-pyrrole nitrogens is 1. The van der Waals surface area contributed by atoms with Crippen LogP contribution in [0.4, 0.5) is 0 Å². The minimum atomic E-state index is -0.304. The molecule has 88 valence electrons. The Morgan fingerprint density at radius 2 is 2.35 bits per heavy atom. The molecular formula is C11H10IN3O2. The zero-order valence-electron chi connectivity index (χ0n) is 8.77. The van der Waals surface area contributed by atoms with Crippen molar-refractivity contribution < 1.29 is 9.90 Å². The van der Waals surface area contributed by atoms with Gasteiger partial charge in [0.1, 0.15) is 5.75 Å². The SMILES string of the molecule is O=C(NCc1cn[nH]c1)c1cc(I)ccc1O. The highest BCUT2D eigenvalue weighted by atomic mass is 127. The van der Waals surface area contributed by atoms with Gasteiger partial charge in [-0.1, -0.05) is 0 Å². The average Bonchev–Trinajstić information content (AvgIpc) is 2.82. The molecule has 1 aromatic heterocycles. The van der Waals surface area contributed by atoms with Crippen LogP contribution in [0.15, 0.2) is 30.6 Å². The number of phenols is 1. The topological polar surface area (TPSA) is 78.0 Å². The minimum Gasteiger partial charge on any atom is -0.507 e. The van der Waals surface area contributed by atoms with Crippen LogP contribution >= 0.6 is 22.6 Å². The molecule has 0 saturated carbocycles. The Morgan fingerprint density at radius 1 is 1.53 bits per heavy atom. The van der Waals surface area contributed by atoms with Gasteiger partial charge < -0.3 is 10.4 Å². The molecule has 0 fully saturated rings. The molecule has 0 unspecified atom stereocenters. The summed E-state index contributed by atoms with van der Waals surface area (Å²) in [5, 5.41) is 18.7. The van der Waals surface area contributed by atoms with E-state index >= 15 is 0 Å². The van der Waals surface area contributed by atoms with Crippen LogP contribution in [-0.2, 0) is 6.54 Å². The van der Waals surface area contributed by atoms with Crippen LogP contribution in [0.1, 0.15) is 15.9 Å². The predicted octanol–water partition coefficient (Wildman–Crippen LogP) is 1.65. The number of carbonyl (C=O) groups excluding carboxylic acids is 1. The Bertz CT molecular complexity index is 526. The largest absolute Gasteiger partial charge is 0.507 e. The molecule has 0 aliphatic carbocycles. The normalized spacial score (nSPS) is 10.2. The molecule has 0 saturated heterocycles. The molecule has 2 rings (SSSR count). The molecule has 0 radical (unpaired) electrons. The summed E-state index contributed by atoms with van der Waals surface area (Å²) in [5.41, 5.74) is 1.16. The lowest BCUT2D eigenvalue weighted by atomic mass is 10.2. The van der Waals surface area contributed by atoms with Gasteiger partial charge in [-0.25, -0.2) is 0 Å². The van der Waals surface area contributed by atoms with Crippen LogP contribution in [0.25, 0.3) is 0 Å². The summed E-state index contributed by atoms with van der Waals surface area (Å²) in [7, 11) is 0. The number of carbonyl (C=O) groups is 1. The first kappa shape index (κ1) is 11.9. The predicted molar refractivity (Wildman–Crippen MR) is 70.6 cm³/mol. The zero-order valence-corrected chi connectivity index (χ0v) is 10.9. The first-order valence-corrected chi connectivity index (χ1v) is 5.99. The fourth-order valence-corrected chi connectivity index (χ4v) is 1.83. The van der Waals surface area contributed by atoms with Crippen LogP contribution in [0.5, 0.6) is 5.75 Å². The molecule has 17 heavy (non-hydrogen) atoms. The van der Waals surface area contributed by atoms with Gasteiger partial charge in [-0.15, -0.1) is 0 Å². The van der Waals surface area contributed by atoms with E-state index in [1.54, 1.807) is 24.5 Å². The number of aromatic hydroxyl groups is 1. The Balaban J connectivity index is 2.07. The molecule has 6 heteroatoms. The van der Waals surface area contributed by atoms with Gasteiger partial charge in [0.25, 0.3) is 5.91 Å². The molecule has 0 aliphatic rings. The molecule has 0 spiro atoms. The number of aromatic nitrogens is 2. The van der Waals surface area contributed by atoms with Gasteiger partial charge in [-0.3, -0.25) is 9.89 Å². The summed E-state index contributed by atoms with van der Waals surface area (Å²) in [6.45, 7) is 0.375. The van der Waals surface area contributed by atoms with Gasteiger partial charge in [0.15, 0.2) is 0 Å². The van der Waals surface area contributed by atoms with Crippen LogP contribution in [0, 0.1) is 3.57 Å². The van der Waals surface area contributed by atoms with E-state index in [0.29, 0.717) is 6.54 Å². The van der Waals surface area contributed by atoms with E-state index in [9.17, 15) is 9.90 Å². The maximum Gasteiger partial charge on any atom is 0.255 e. The van der Waals surface area contributed by atoms with Crippen molar-refractivity contribution in [1.82, 2.24) is 15.5 Å². The molecule has 0 bridgehead atoms. The molecule has 3 N–H and O–H groups in total. The fraction of sp³-hybridized carbons (Fsp3) is 0.0909. The van der Waals surface area contributed by atoms with E-state index in [1.165, 1.54) is 6.07 Å². The Morgan fingerprint density at radius 3 is 3.06 bits per heavy atom. The number of hydrogen-bond acceptors (Lipinski definition) is 3. The Labute approximate surface area is 111 Å². The van der Waals surface area contributed by atoms with Crippen molar-refractivity contribution in [2.24, 2.45) is 0 Å². The highest BCUT2D eigenvalue weighted by Crippen LogP contribution is 2.19. The molecule has 0 aliphatic heterocycles. The molecule has 1 aromatic carbocycles. The highest BCUT2D eigenvalue weighted by Gasteiger charge is 2.11. The minimum absolute atomic E-state index is 0.0184. The van der Waals surface area contributed by atoms with Crippen LogP contribution < -0.4 is 5.32 Å². The number of amides is 1. The van der Waals surface area contributed by atoms with Crippen molar-refractivity contribution >= 4 is 28.5 Å². The van der Waals surface area contributed by atoms with E-state index < -0.39 is 0 Å². The van der Waals surface area contributed by atoms with Crippen molar-refractivity contribution in [3.8, 4) is 5.75 Å². The Hall–Kier alpha value is -1.57. The third-order valence-electron chi connectivity index (χ3n) is 2.21. The van der Waals surface area contributed by atoms with Gasteiger partial charge >= 0.3 is 0 Å². The van der Waals surface area contributed by atoms with E-state index in [1.807, 2.05) is 0 Å². The standard InChI is InChI=1S/C11H10IN3O2/c12-8-1-2-10(16)9(3-8)11(17)13-4-7-5-14-15-6-7/h1-3,5-6,16H,4H2,(H,13,17)(H,14,15). The lowest BCUT2D eigenvalue weighted by Gasteiger charge is -2.06. The third-order valence-corrected chi connectivity index (χ3v) is 2.88. The summed E-state index contributed by atoms with van der Waals surface area (Å²) < 4.78 is 0.897. The summed E-state index contributed by atoms with van der Waals surface area (Å²) in [5.74, 6) is -0.322. The lowest BCUT2D eigenvalue weighted by molar-refractivity contribution is 0.0948. The number of rotatable bonds is 3. The average molecular weight is 343 g/mol. The quantitative estimate of drug-likeness (QED) is 0.742. The van der Waals surface area contributed by atoms with Crippen molar-refractivity contribution in [2.75, 3.05) is 0 Å². The number of halogens is 1. The van der Waals surface area contributed by atoms with E-state index in [2.05, 4.69) is 38.1 Å². The second-order valence-electron chi connectivity index (χ2n) is 3.45. The number of nitrogens with zero attached hydrogens (tertiary/aromatic N) is 1. The number of benzene rings is 1. The monoisotopic (exact) mass is 343 g/mol. The number of nitrogens with one attached hydrogen (secondary N) is 2. The smallest absolute Gasteiger partial charge is 0.255 e. The molecule has 2 aromatic rings. The van der Waals surface area contributed by atoms with Gasteiger partial charge in [-0.2, -0.15) is 5.10 Å². The summed E-state index contributed by atoms with van der Waals surface area (Å²) in [6, 6.07) is 4.89. The van der Waals surface area contributed by atoms with Crippen molar-refractivity contribution in [3.63, 3.8) is 0 Å². The third kappa shape index (κ3) is 2.96. The van der Waals surface area contributed by atoms with Crippen molar-refractivity contribution in [3.05, 3.63) is 45.3 Å². The van der Waals surface area contributed by atoms with E-state index in [-0.39, 0.29) is 17.2 Å². The number of phenolic OH excluding ortho intramolecular Hbond substituents is 1. The lowest BCUT2D eigenvalue weighted by Crippen LogP contribution is -2.22. The first-order chi connectivity index (χ1) is 8.16. The van der Waals surface area contributed by atoms with Crippen molar-refractivity contribution in [2.45, 2.75) is 6.54 Å². The maximum atomic E-state index is 11.8. The molecule has 1 heterocycles. The number of hydrogen-bond donors (Lipinski definition) is 3. The maximum absolute atomic E-state index is 11.8. The van der Waals surface area contributed by atoms with E-state index in [4.69, 9.17) is 0 Å². The molecule has 5 nitrogen and oxygen atoms in total. The van der Waals surface area contributed by atoms with Gasteiger partial charge in [0.05, 0.1) is 11.8 Å². The van der Waals surface area contributed by atoms with Gasteiger partial charge in [0.2, 0.25) is 0 Å². The highest BCUT2D eigenvalue weighted by molar-refractivity contribution is 14.1. The van der Waals surface area contributed by atoms with Gasteiger partial charge in [-0.05, 0) is 40.8 Å². The molecule has 1 amide bonds. The van der Waals surface area contributed by atoms with Crippen LogP contribution in [0.3, 0.4) is 0 Å². The second kappa shape index (κ2) is 5.17. The fourth-order valence-electron chi connectivity index (χ4n) is 1.34. The molecule has 0 atom stereocenters. The second-order valence-corrected chi connectivity index (χ2v) is 4.70. The number of aromatic amines is 1. The summed E-state index contributed by atoms with van der Waals surface area (Å²) in [4.78, 5) is 11.8. The zero-order chi connectivity index (χ0) is 12.3. The van der Waals surface area contributed by atoms with Crippen molar-refractivity contribution in [1.29, 1.82) is 0 Å². The van der Waals surface area contributed by atoms with Gasteiger partial charge in [0, 0.05) is 21.9 Å². The first-order valence-electron chi connectivity index (χ1n) is 4.91. The molecular weight excluding hydrogens is 333 g/mol. The van der Waals surface area contributed by atoms with E-state index in [0.717, 1.165) is 9.13 Å². The summed E-state index contributed by atoms with van der Waals surface area (Å²) in [6.07, 6.45) is 3.34. The summed E-state index contributed by atoms with van der Waals surface area (Å²) >= 11 is 2.09.